The summed E-state index contributed by atoms with van der Waals surface area (Å²) in [4.78, 5) is 7.08. The van der Waals surface area contributed by atoms with E-state index in [9.17, 15) is 0 Å². The number of rotatable bonds is 7. The monoisotopic (exact) mass is 396 g/mol. The minimum absolute atomic E-state index is 0.402. The summed E-state index contributed by atoms with van der Waals surface area (Å²) in [5.74, 6) is 2.41. The van der Waals surface area contributed by atoms with Gasteiger partial charge in [0, 0.05) is 19.2 Å². The number of benzene rings is 2. The molecule has 156 valence electrons. The van der Waals surface area contributed by atoms with Crippen molar-refractivity contribution in [2.45, 2.75) is 26.3 Å². The largest absolute Gasteiger partial charge is 0.497 e. The lowest BCUT2D eigenvalue weighted by molar-refractivity contribution is 0.180. The Morgan fingerprint density at radius 1 is 1.10 bits per heavy atom. The Bertz CT molecular complexity index is 812. The first-order chi connectivity index (χ1) is 14.1. The molecule has 0 saturated carbocycles. The fourth-order valence-corrected chi connectivity index (χ4v) is 3.60. The van der Waals surface area contributed by atoms with Gasteiger partial charge < -0.3 is 20.5 Å². The molecule has 0 aromatic heterocycles. The van der Waals surface area contributed by atoms with Gasteiger partial charge in [-0.1, -0.05) is 29.8 Å². The molecule has 0 unspecified atom stereocenters. The highest BCUT2D eigenvalue weighted by Crippen LogP contribution is 2.28. The summed E-state index contributed by atoms with van der Waals surface area (Å²) in [6.07, 6.45) is 2.29. The lowest BCUT2D eigenvalue weighted by atomic mass is 9.96. The lowest BCUT2D eigenvalue weighted by Crippen LogP contribution is -2.34. The third-order valence-corrected chi connectivity index (χ3v) is 5.42. The van der Waals surface area contributed by atoms with Crippen LogP contribution in [-0.2, 0) is 6.54 Å². The van der Waals surface area contributed by atoms with Crippen LogP contribution in [0.25, 0.3) is 0 Å². The van der Waals surface area contributed by atoms with Crippen molar-refractivity contribution in [3.8, 4) is 11.5 Å². The number of anilines is 1. The van der Waals surface area contributed by atoms with Gasteiger partial charge in [0.25, 0.3) is 0 Å². The van der Waals surface area contributed by atoms with Crippen LogP contribution in [0.4, 0.5) is 5.69 Å². The number of nitrogens with one attached hydrogen (secondary N) is 1. The Morgan fingerprint density at radius 2 is 1.83 bits per heavy atom. The van der Waals surface area contributed by atoms with Crippen molar-refractivity contribution in [3.05, 3.63) is 53.6 Å². The number of nitrogens with zero attached hydrogens (tertiary/aromatic N) is 2. The minimum Gasteiger partial charge on any atom is -0.497 e. The van der Waals surface area contributed by atoms with Crippen molar-refractivity contribution < 1.29 is 9.47 Å². The molecule has 0 aliphatic carbocycles. The summed E-state index contributed by atoms with van der Waals surface area (Å²) in [5.41, 5.74) is 9.55. The van der Waals surface area contributed by atoms with Crippen LogP contribution in [-0.4, -0.2) is 44.7 Å². The fourth-order valence-electron chi connectivity index (χ4n) is 3.60. The molecule has 2 aromatic carbocycles. The number of aliphatic imine (C=N–C) groups is 1. The first kappa shape index (κ1) is 21.0. The minimum atomic E-state index is 0.402. The van der Waals surface area contributed by atoms with Crippen molar-refractivity contribution in [1.82, 2.24) is 4.90 Å². The van der Waals surface area contributed by atoms with E-state index in [0.29, 0.717) is 17.6 Å². The van der Waals surface area contributed by atoms with Gasteiger partial charge in [-0.2, -0.15) is 0 Å². The van der Waals surface area contributed by atoms with Crippen LogP contribution in [0.1, 0.15) is 24.0 Å². The molecule has 0 atom stereocenters. The molecule has 1 aliphatic heterocycles. The molecule has 1 aliphatic rings. The second-order valence-corrected chi connectivity index (χ2v) is 7.62. The number of hydrogen-bond acceptors (Lipinski definition) is 4. The summed E-state index contributed by atoms with van der Waals surface area (Å²) in [6.45, 7) is 6.09. The van der Waals surface area contributed by atoms with E-state index in [1.54, 1.807) is 14.2 Å². The molecule has 3 N–H and O–H groups in total. The molecule has 2 aromatic rings. The zero-order valence-electron chi connectivity index (χ0n) is 17.6. The molecule has 6 nitrogen and oxygen atoms in total. The van der Waals surface area contributed by atoms with E-state index >= 15 is 0 Å². The first-order valence-corrected chi connectivity index (χ1v) is 10.1. The van der Waals surface area contributed by atoms with Crippen molar-refractivity contribution in [2.24, 2.45) is 16.6 Å². The Balaban J connectivity index is 1.48. The van der Waals surface area contributed by atoms with Crippen molar-refractivity contribution in [1.29, 1.82) is 0 Å². The quantitative estimate of drug-likeness (QED) is 0.552. The molecule has 1 fully saturated rings. The number of nitrogens with two attached hydrogens (primary N) is 1. The molecule has 0 bridgehead atoms. The number of guanidine groups is 1. The Hall–Kier alpha value is -2.73. The predicted molar refractivity (Wildman–Crippen MR) is 119 cm³/mol. The second kappa shape index (κ2) is 10.2. The number of ether oxygens (including phenoxy) is 2. The highest BCUT2D eigenvalue weighted by Gasteiger charge is 2.19. The highest BCUT2D eigenvalue weighted by atomic mass is 16.5. The summed E-state index contributed by atoms with van der Waals surface area (Å²) in [7, 11) is 3.26. The Kier molecular flexibility index (Phi) is 7.36. The maximum absolute atomic E-state index is 6.11. The van der Waals surface area contributed by atoms with E-state index in [0.717, 1.165) is 50.5 Å². The standard InChI is InChI=1S/C23H32N4O2/c1-17-4-6-19(7-5-17)16-27-12-10-18(11-13-27)15-25-23(24)26-21-14-20(28-2)8-9-22(21)29-3/h4-9,14,18H,10-13,15-16H2,1-3H3,(H3,24,25,26). The Labute approximate surface area is 173 Å². The summed E-state index contributed by atoms with van der Waals surface area (Å²) in [6, 6.07) is 14.4. The molecule has 6 heteroatoms. The van der Waals surface area contributed by atoms with Gasteiger partial charge >= 0.3 is 0 Å². The predicted octanol–water partition coefficient (Wildman–Crippen LogP) is 3.65. The number of methoxy groups -OCH3 is 2. The summed E-state index contributed by atoms with van der Waals surface area (Å²) < 4.78 is 10.6. The maximum Gasteiger partial charge on any atom is 0.193 e. The second-order valence-electron chi connectivity index (χ2n) is 7.62. The number of hydrogen-bond donors (Lipinski definition) is 2. The zero-order valence-corrected chi connectivity index (χ0v) is 17.6. The van der Waals surface area contributed by atoms with E-state index in [1.165, 1.54) is 11.1 Å². The molecule has 0 radical (unpaired) electrons. The van der Waals surface area contributed by atoms with Gasteiger partial charge in [0.05, 0.1) is 19.9 Å². The van der Waals surface area contributed by atoms with Crippen molar-refractivity contribution >= 4 is 11.6 Å². The molecule has 1 saturated heterocycles. The van der Waals surface area contributed by atoms with Gasteiger partial charge in [-0.3, -0.25) is 9.89 Å². The van der Waals surface area contributed by atoms with E-state index in [1.807, 2.05) is 18.2 Å². The smallest absolute Gasteiger partial charge is 0.193 e. The highest BCUT2D eigenvalue weighted by molar-refractivity contribution is 5.94. The van der Waals surface area contributed by atoms with E-state index in [-0.39, 0.29) is 0 Å². The number of likely N-dealkylation sites (tertiary alicyclic amines) is 1. The third-order valence-electron chi connectivity index (χ3n) is 5.42. The molecular weight excluding hydrogens is 364 g/mol. The molecule has 29 heavy (non-hydrogen) atoms. The summed E-state index contributed by atoms with van der Waals surface area (Å²) in [5, 5.41) is 3.13. The van der Waals surface area contributed by atoms with Crippen LogP contribution >= 0.6 is 0 Å². The molecule has 0 amide bonds. The Morgan fingerprint density at radius 3 is 2.48 bits per heavy atom. The molecule has 3 rings (SSSR count). The average Bonchev–Trinajstić information content (AvgIpc) is 2.75. The van der Waals surface area contributed by atoms with Gasteiger partial charge in [0.15, 0.2) is 5.96 Å². The van der Waals surface area contributed by atoms with E-state index in [4.69, 9.17) is 15.2 Å². The van der Waals surface area contributed by atoms with Crippen molar-refractivity contribution in [2.75, 3.05) is 39.2 Å². The number of aryl methyl sites for hydroxylation is 1. The normalized spacial score (nSPS) is 15.9. The SMILES string of the molecule is COc1ccc(OC)c(NC(N)=NCC2CCN(Cc3ccc(C)cc3)CC2)c1. The first-order valence-electron chi connectivity index (χ1n) is 10.1. The van der Waals surface area contributed by atoms with Gasteiger partial charge in [-0.25, -0.2) is 0 Å². The van der Waals surface area contributed by atoms with Crippen LogP contribution in [0.15, 0.2) is 47.5 Å². The average molecular weight is 397 g/mol. The zero-order chi connectivity index (χ0) is 20.6. The topological polar surface area (TPSA) is 72.1 Å². The van der Waals surface area contributed by atoms with Crippen LogP contribution in [0.2, 0.25) is 0 Å². The number of piperidine rings is 1. The van der Waals surface area contributed by atoms with Crippen LogP contribution in [0.3, 0.4) is 0 Å². The fraction of sp³-hybridized carbons (Fsp3) is 0.435. The van der Waals surface area contributed by atoms with Crippen LogP contribution < -0.4 is 20.5 Å². The molecule has 0 spiro atoms. The summed E-state index contributed by atoms with van der Waals surface area (Å²) >= 11 is 0. The van der Waals surface area contributed by atoms with Crippen LogP contribution in [0, 0.1) is 12.8 Å². The molecule has 1 heterocycles. The van der Waals surface area contributed by atoms with Crippen LogP contribution in [0.5, 0.6) is 11.5 Å². The van der Waals surface area contributed by atoms with Gasteiger partial charge in [0.2, 0.25) is 0 Å². The van der Waals surface area contributed by atoms with Gasteiger partial charge in [-0.05, 0) is 56.5 Å². The van der Waals surface area contributed by atoms with E-state index < -0.39 is 0 Å². The maximum atomic E-state index is 6.11. The van der Waals surface area contributed by atoms with Gasteiger partial charge in [-0.15, -0.1) is 0 Å². The van der Waals surface area contributed by atoms with Crippen molar-refractivity contribution in [3.63, 3.8) is 0 Å². The lowest BCUT2D eigenvalue weighted by Gasteiger charge is -2.31. The van der Waals surface area contributed by atoms with E-state index in [2.05, 4.69) is 46.4 Å². The third kappa shape index (κ3) is 6.12. The van der Waals surface area contributed by atoms with Gasteiger partial charge in [0.1, 0.15) is 11.5 Å². The molecular formula is C23H32N4O2.